The van der Waals surface area contributed by atoms with Crippen molar-refractivity contribution in [1.82, 2.24) is 10.3 Å². The first-order chi connectivity index (χ1) is 7.83. The van der Waals surface area contributed by atoms with Crippen molar-refractivity contribution in [3.8, 4) is 0 Å². The van der Waals surface area contributed by atoms with E-state index in [0.29, 0.717) is 0 Å². The zero-order valence-corrected chi connectivity index (χ0v) is 9.12. The molecule has 0 spiro atoms. The van der Waals surface area contributed by atoms with Crippen molar-refractivity contribution in [3.63, 3.8) is 0 Å². The van der Waals surface area contributed by atoms with Crippen molar-refractivity contribution in [1.29, 1.82) is 0 Å². The number of hydrogen-bond donors (Lipinski definition) is 3. The Balaban J connectivity index is 2.79. The largest absolute Gasteiger partial charge is 0.361 e. The lowest BCUT2D eigenvalue weighted by Gasteiger charge is -2.06. The zero-order chi connectivity index (χ0) is 13.1. The van der Waals surface area contributed by atoms with E-state index in [2.05, 4.69) is 5.73 Å². The number of hydrazine groups is 1. The number of amides is 2. The van der Waals surface area contributed by atoms with Crippen molar-refractivity contribution in [3.05, 3.63) is 30.1 Å². The van der Waals surface area contributed by atoms with Crippen LogP contribution in [0.4, 0.5) is 4.39 Å². The van der Waals surface area contributed by atoms with Crippen LogP contribution in [0.2, 0.25) is 0 Å². The molecule has 0 saturated carbocycles. The summed E-state index contributed by atoms with van der Waals surface area (Å²) in [6.07, 6.45) is 0. The zero-order valence-electron chi connectivity index (χ0n) is 8.31. The maximum absolute atomic E-state index is 12.5. The first-order valence-electron chi connectivity index (χ1n) is 4.20. The summed E-state index contributed by atoms with van der Waals surface area (Å²) < 4.78 is 35.5. The number of rotatable bonds is 3. The molecule has 0 aliphatic carbocycles. The molecule has 4 N–H and O–H groups in total. The number of benzene rings is 1. The first kappa shape index (κ1) is 13.1. The van der Waals surface area contributed by atoms with Crippen molar-refractivity contribution in [2.45, 2.75) is 4.90 Å². The summed E-state index contributed by atoms with van der Waals surface area (Å²) >= 11 is 0. The lowest BCUT2D eigenvalue weighted by atomic mass is 10.4. The lowest BCUT2D eigenvalue weighted by Crippen LogP contribution is -2.46. The number of nitrogens with one attached hydrogen (secondary N) is 2. The molecule has 17 heavy (non-hydrogen) atoms. The summed E-state index contributed by atoms with van der Waals surface area (Å²) in [5.74, 6) is -3.26. The van der Waals surface area contributed by atoms with Gasteiger partial charge in [-0.15, -0.1) is 4.83 Å². The molecule has 1 rings (SSSR count). The number of hydrogen-bond acceptors (Lipinski definition) is 4. The highest BCUT2D eigenvalue weighted by Crippen LogP contribution is 2.08. The number of carbonyl (C=O) groups excluding carboxylic acids is 2. The maximum atomic E-state index is 12.5. The summed E-state index contributed by atoms with van der Waals surface area (Å²) in [4.78, 5) is 22.4. The van der Waals surface area contributed by atoms with Gasteiger partial charge in [0.25, 0.3) is 10.0 Å². The fraction of sp³-hybridized carbons (Fsp3) is 0. The molecule has 0 radical (unpaired) electrons. The molecule has 0 aliphatic rings. The summed E-state index contributed by atoms with van der Waals surface area (Å²) in [5, 5.41) is 0. The van der Waals surface area contributed by atoms with Crippen molar-refractivity contribution >= 4 is 21.8 Å². The van der Waals surface area contributed by atoms with Crippen LogP contribution >= 0.6 is 0 Å². The molecule has 9 heteroatoms. The third-order valence-corrected chi connectivity index (χ3v) is 2.91. The van der Waals surface area contributed by atoms with Gasteiger partial charge in [0, 0.05) is 0 Å². The summed E-state index contributed by atoms with van der Waals surface area (Å²) in [6, 6.07) is 3.86. The predicted octanol–water partition coefficient (Wildman–Crippen LogP) is -1.38. The molecule has 0 atom stereocenters. The van der Waals surface area contributed by atoms with Crippen LogP contribution in [0, 0.1) is 5.82 Å². The van der Waals surface area contributed by atoms with Crippen LogP contribution in [-0.2, 0) is 19.6 Å². The maximum Gasteiger partial charge on any atom is 0.324 e. The van der Waals surface area contributed by atoms with Gasteiger partial charge in [-0.25, -0.2) is 12.8 Å². The summed E-state index contributed by atoms with van der Waals surface area (Å²) in [7, 11) is -4.06. The molecule has 0 unspecified atom stereocenters. The Bertz CT molecular complexity index is 540. The van der Waals surface area contributed by atoms with Gasteiger partial charge >= 0.3 is 11.8 Å². The standard InChI is InChI=1S/C8H8FN3O4S/c9-5-1-3-6(4-2-5)17(15,16)12-11-8(14)7(10)13/h1-4,12H,(H2,10,13)(H,11,14). The van der Waals surface area contributed by atoms with E-state index in [-0.39, 0.29) is 4.90 Å². The molecule has 0 bridgehead atoms. The topological polar surface area (TPSA) is 118 Å². The Morgan fingerprint density at radius 1 is 1.18 bits per heavy atom. The van der Waals surface area contributed by atoms with Gasteiger partial charge in [0.05, 0.1) is 4.90 Å². The van der Waals surface area contributed by atoms with Gasteiger partial charge in [-0.3, -0.25) is 15.0 Å². The van der Waals surface area contributed by atoms with E-state index in [4.69, 9.17) is 0 Å². The molecule has 0 fully saturated rings. The van der Waals surface area contributed by atoms with Crippen LogP contribution in [0.3, 0.4) is 0 Å². The third-order valence-electron chi connectivity index (χ3n) is 1.65. The Hall–Kier alpha value is -2.00. The third kappa shape index (κ3) is 3.50. The van der Waals surface area contributed by atoms with Crippen LogP contribution in [0.1, 0.15) is 0 Å². The fourth-order valence-corrected chi connectivity index (χ4v) is 1.69. The monoisotopic (exact) mass is 261 g/mol. The fourth-order valence-electron chi connectivity index (χ4n) is 0.848. The summed E-state index contributed by atoms with van der Waals surface area (Å²) in [5.41, 5.74) is 6.18. The van der Waals surface area contributed by atoms with Gasteiger partial charge < -0.3 is 5.73 Å². The molecule has 0 saturated heterocycles. The quantitative estimate of drug-likeness (QED) is 0.459. The minimum Gasteiger partial charge on any atom is -0.361 e. The summed E-state index contributed by atoms with van der Waals surface area (Å²) in [6.45, 7) is 0. The number of nitrogens with two attached hydrogens (primary N) is 1. The molecular weight excluding hydrogens is 253 g/mol. The smallest absolute Gasteiger partial charge is 0.324 e. The SMILES string of the molecule is NC(=O)C(=O)NNS(=O)(=O)c1ccc(F)cc1. The average molecular weight is 261 g/mol. The van der Waals surface area contributed by atoms with Crippen LogP contribution in [0.15, 0.2) is 29.2 Å². The van der Waals surface area contributed by atoms with Gasteiger partial charge in [0.2, 0.25) is 0 Å². The van der Waals surface area contributed by atoms with E-state index >= 15 is 0 Å². The van der Waals surface area contributed by atoms with Crippen LogP contribution in [0.25, 0.3) is 0 Å². The normalized spacial score (nSPS) is 10.9. The second kappa shape index (κ2) is 4.89. The van der Waals surface area contributed by atoms with E-state index < -0.39 is 27.7 Å². The Labute approximate surface area is 95.8 Å². The van der Waals surface area contributed by atoms with Gasteiger partial charge in [0.1, 0.15) is 5.82 Å². The van der Waals surface area contributed by atoms with Crippen molar-refractivity contribution in [2.75, 3.05) is 0 Å². The van der Waals surface area contributed by atoms with Gasteiger partial charge in [0.15, 0.2) is 0 Å². The number of halogens is 1. The average Bonchev–Trinajstić information content (AvgIpc) is 2.26. The van der Waals surface area contributed by atoms with E-state index in [9.17, 15) is 22.4 Å². The molecule has 0 aromatic heterocycles. The van der Waals surface area contributed by atoms with Gasteiger partial charge in [-0.1, -0.05) is 0 Å². The highest BCUT2D eigenvalue weighted by atomic mass is 32.2. The Morgan fingerprint density at radius 2 is 1.71 bits per heavy atom. The van der Waals surface area contributed by atoms with E-state index in [1.165, 1.54) is 0 Å². The van der Waals surface area contributed by atoms with E-state index in [1.807, 2.05) is 0 Å². The van der Waals surface area contributed by atoms with E-state index in [0.717, 1.165) is 24.3 Å². The molecule has 2 amide bonds. The first-order valence-corrected chi connectivity index (χ1v) is 5.68. The molecular formula is C8H8FN3O4S. The van der Waals surface area contributed by atoms with Gasteiger partial charge in [-0.2, -0.15) is 0 Å². The van der Waals surface area contributed by atoms with Gasteiger partial charge in [-0.05, 0) is 24.3 Å². The number of carbonyl (C=O) groups is 2. The molecule has 0 aliphatic heterocycles. The predicted molar refractivity (Wildman–Crippen MR) is 54.1 cm³/mol. The highest BCUT2D eigenvalue weighted by Gasteiger charge is 2.16. The highest BCUT2D eigenvalue weighted by molar-refractivity contribution is 7.89. The minimum absolute atomic E-state index is 0.274. The van der Waals surface area contributed by atoms with Crippen LogP contribution < -0.4 is 16.0 Å². The lowest BCUT2D eigenvalue weighted by molar-refractivity contribution is -0.137. The molecule has 0 heterocycles. The Morgan fingerprint density at radius 3 is 2.18 bits per heavy atom. The van der Waals surface area contributed by atoms with E-state index in [1.54, 1.807) is 10.3 Å². The molecule has 1 aromatic rings. The molecule has 7 nitrogen and oxygen atoms in total. The number of primary amides is 1. The van der Waals surface area contributed by atoms with Crippen molar-refractivity contribution < 1.29 is 22.4 Å². The second-order valence-corrected chi connectivity index (χ2v) is 4.56. The van der Waals surface area contributed by atoms with Crippen LogP contribution in [0.5, 0.6) is 0 Å². The minimum atomic E-state index is -4.06. The number of sulfonamides is 1. The second-order valence-electron chi connectivity index (χ2n) is 2.88. The molecule has 92 valence electrons. The Kier molecular flexibility index (Phi) is 3.76. The van der Waals surface area contributed by atoms with Crippen LogP contribution in [-0.4, -0.2) is 20.2 Å². The van der Waals surface area contributed by atoms with Crippen molar-refractivity contribution in [2.24, 2.45) is 5.73 Å². The molecule has 1 aromatic carbocycles.